The normalized spacial score (nSPS) is 30.9. The molecule has 2 bridgehead atoms. The van der Waals surface area contributed by atoms with E-state index in [1.807, 2.05) is 16.5 Å². The summed E-state index contributed by atoms with van der Waals surface area (Å²) in [4.78, 5) is 32.0. The lowest BCUT2D eigenvalue weighted by Gasteiger charge is -2.38. The Kier molecular flexibility index (Phi) is 11.5. The van der Waals surface area contributed by atoms with Gasteiger partial charge in [0, 0.05) is 62.7 Å². The SMILES string of the molecule is CCC1(CC)CCCC(F)C=[N+](C)C(C(C(=O)NC2CNCCC2c2ccc(C(=O)N3CCN4CCC3CC4)cc2F)C(N)N)C1. The molecule has 2 amide bonds. The summed E-state index contributed by atoms with van der Waals surface area (Å²) in [6, 6.07) is 4.24. The van der Waals surface area contributed by atoms with Gasteiger partial charge in [0.2, 0.25) is 5.91 Å². The van der Waals surface area contributed by atoms with Gasteiger partial charge in [0.15, 0.2) is 18.4 Å². The summed E-state index contributed by atoms with van der Waals surface area (Å²) in [6.07, 6.45) is 6.67. The van der Waals surface area contributed by atoms with E-state index >= 15 is 4.39 Å². The molecule has 5 atom stereocenters. The van der Waals surface area contributed by atoms with Crippen LogP contribution in [0, 0.1) is 17.2 Å². The minimum atomic E-state index is -1.10. The second-order valence-corrected chi connectivity index (χ2v) is 14.3. The predicted octanol–water partition coefficient (Wildman–Crippen LogP) is 2.97. The molecule has 256 valence electrons. The molecule has 11 heteroatoms. The Morgan fingerprint density at radius 1 is 1.11 bits per heavy atom. The number of hydrogen-bond acceptors (Lipinski definition) is 6. The average molecular weight is 645 g/mol. The van der Waals surface area contributed by atoms with Crippen LogP contribution in [-0.2, 0) is 4.79 Å². The van der Waals surface area contributed by atoms with Crippen LogP contribution in [-0.4, -0.2) is 109 Å². The maximum atomic E-state index is 15.9. The zero-order chi connectivity index (χ0) is 33.0. The molecule has 1 aromatic rings. The van der Waals surface area contributed by atoms with Crippen LogP contribution in [0.3, 0.4) is 0 Å². The quantitative estimate of drug-likeness (QED) is 0.255. The molecule has 5 aliphatic heterocycles. The summed E-state index contributed by atoms with van der Waals surface area (Å²) in [5.41, 5.74) is 13.5. The highest BCUT2D eigenvalue weighted by atomic mass is 19.1. The summed E-state index contributed by atoms with van der Waals surface area (Å²) in [5, 5.41) is 6.53. The maximum Gasteiger partial charge on any atom is 0.254 e. The van der Waals surface area contributed by atoms with E-state index in [1.54, 1.807) is 18.3 Å². The minimum absolute atomic E-state index is 0.0496. The highest BCUT2D eigenvalue weighted by molar-refractivity contribution is 5.94. The van der Waals surface area contributed by atoms with Crippen LogP contribution in [0.5, 0.6) is 0 Å². The molecule has 6 N–H and O–H groups in total. The Hall–Kier alpha value is -2.47. The summed E-state index contributed by atoms with van der Waals surface area (Å²) in [7, 11) is 1.82. The van der Waals surface area contributed by atoms with Gasteiger partial charge in [-0.25, -0.2) is 13.4 Å². The Balaban J connectivity index is 1.36. The van der Waals surface area contributed by atoms with Gasteiger partial charge < -0.3 is 31.9 Å². The fraction of sp³-hybridized carbons (Fsp3) is 0.743. The van der Waals surface area contributed by atoms with Crippen molar-refractivity contribution in [2.75, 3.05) is 46.3 Å². The van der Waals surface area contributed by atoms with Crippen molar-refractivity contribution in [1.29, 1.82) is 0 Å². The fourth-order valence-corrected chi connectivity index (χ4v) is 8.62. The first-order chi connectivity index (χ1) is 22.1. The van der Waals surface area contributed by atoms with Gasteiger partial charge in [-0.1, -0.05) is 32.8 Å². The van der Waals surface area contributed by atoms with Crippen molar-refractivity contribution in [2.45, 2.75) is 108 Å². The predicted molar refractivity (Wildman–Crippen MR) is 177 cm³/mol. The van der Waals surface area contributed by atoms with Crippen LogP contribution in [0.4, 0.5) is 8.78 Å². The third-order valence-electron chi connectivity index (χ3n) is 11.8. The Morgan fingerprint density at radius 3 is 2.52 bits per heavy atom. The molecule has 0 aliphatic carbocycles. The van der Waals surface area contributed by atoms with Crippen molar-refractivity contribution in [3.8, 4) is 0 Å². The van der Waals surface area contributed by atoms with E-state index in [9.17, 15) is 14.0 Å². The minimum Gasteiger partial charge on any atom is -0.351 e. The van der Waals surface area contributed by atoms with Gasteiger partial charge >= 0.3 is 0 Å². The number of alkyl halides is 1. The van der Waals surface area contributed by atoms with E-state index in [0.717, 1.165) is 58.2 Å². The van der Waals surface area contributed by atoms with Crippen molar-refractivity contribution in [3.63, 3.8) is 0 Å². The third-order valence-corrected chi connectivity index (χ3v) is 11.8. The zero-order valence-electron chi connectivity index (χ0n) is 28.0. The molecule has 1 aromatic carbocycles. The van der Waals surface area contributed by atoms with Crippen LogP contribution in [0.1, 0.15) is 93.5 Å². The molecule has 0 saturated carbocycles. The number of carbonyl (C=O) groups is 2. The molecule has 5 heterocycles. The van der Waals surface area contributed by atoms with Crippen LogP contribution in [0.25, 0.3) is 0 Å². The largest absolute Gasteiger partial charge is 0.351 e. The third kappa shape index (κ3) is 7.63. The molecule has 0 aromatic heterocycles. The Morgan fingerprint density at radius 2 is 1.85 bits per heavy atom. The van der Waals surface area contributed by atoms with Crippen LogP contribution < -0.4 is 22.1 Å². The average Bonchev–Trinajstić information content (AvgIpc) is 3.35. The monoisotopic (exact) mass is 644 g/mol. The van der Waals surface area contributed by atoms with E-state index in [-0.39, 0.29) is 35.2 Å². The van der Waals surface area contributed by atoms with Crippen LogP contribution >= 0.6 is 0 Å². The van der Waals surface area contributed by atoms with Gasteiger partial charge in [0.25, 0.3) is 5.91 Å². The standard InChI is InChI=1S/C35H55F2N7O2/c1-4-35(5-2)13-6-7-24(36)22-42(3)30(20-35)31(32(38)39)33(45)41-29-21-40-14-10-27(29)26-9-8-23(19-28(26)37)34(46)44-18-17-43-15-11-25(44)12-16-43/h8-9,19,22,24-25,27,29-32,40H,4-7,10-18,20-21,38-39H2,1-3H3/p+1. The lowest BCUT2D eigenvalue weighted by atomic mass is 9.71. The maximum absolute atomic E-state index is 15.9. The molecular formula is C35H56F2N7O2+. The number of halogens is 2. The molecule has 4 fully saturated rings. The van der Waals surface area contributed by atoms with E-state index in [2.05, 4.69) is 29.4 Å². The molecule has 5 unspecified atom stereocenters. The first-order valence-electron chi connectivity index (χ1n) is 17.6. The number of nitrogens with zero attached hydrogens (tertiary/aromatic N) is 3. The van der Waals surface area contributed by atoms with Gasteiger partial charge in [0.05, 0.1) is 6.17 Å². The molecule has 46 heavy (non-hydrogen) atoms. The summed E-state index contributed by atoms with van der Waals surface area (Å²) in [6.45, 7) is 8.99. The first kappa shape index (κ1) is 34.9. The van der Waals surface area contributed by atoms with Crippen molar-refractivity contribution < 1.29 is 22.9 Å². The summed E-state index contributed by atoms with van der Waals surface area (Å²) < 4.78 is 32.6. The second kappa shape index (κ2) is 15.2. The molecule has 4 saturated heterocycles. The lowest BCUT2D eigenvalue weighted by molar-refractivity contribution is -0.546. The van der Waals surface area contributed by atoms with Gasteiger partial charge in [0.1, 0.15) is 18.8 Å². The zero-order valence-corrected chi connectivity index (χ0v) is 28.0. The molecule has 0 spiro atoms. The number of piperidine rings is 2. The van der Waals surface area contributed by atoms with E-state index in [4.69, 9.17) is 11.5 Å². The molecule has 0 radical (unpaired) electrons. The van der Waals surface area contributed by atoms with Crippen molar-refractivity contribution >= 4 is 18.0 Å². The lowest BCUT2D eigenvalue weighted by Crippen LogP contribution is -2.59. The number of nitrogens with two attached hydrogens (primary N) is 2. The van der Waals surface area contributed by atoms with Crippen molar-refractivity contribution in [1.82, 2.24) is 20.4 Å². The topological polar surface area (TPSA) is 120 Å². The van der Waals surface area contributed by atoms with Gasteiger partial charge in [-0.05, 0) is 68.2 Å². The number of carbonyl (C=O) groups excluding carboxylic acids is 2. The fourth-order valence-electron chi connectivity index (χ4n) is 8.62. The van der Waals surface area contributed by atoms with Crippen molar-refractivity contribution in [3.05, 3.63) is 35.1 Å². The van der Waals surface area contributed by atoms with Gasteiger partial charge in [-0.2, -0.15) is 0 Å². The number of amides is 2. The highest BCUT2D eigenvalue weighted by Gasteiger charge is 2.45. The number of rotatable bonds is 8. The van der Waals surface area contributed by atoms with E-state index in [1.165, 1.54) is 6.07 Å². The number of benzene rings is 1. The Labute approximate surface area is 273 Å². The number of fused-ring (bicyclic) bond motifs is 4. The summed E-state index contributed by atoms with van der Waals surface area (Å²) in [5.74, 6) is -1.93. The molecule has 5 aliphatic rings. The number of nitrogens with one attached hydrogen (secondary N) is 2. The smallest absolute Gasteiger partial charge is 0.254 e. The Bertz CT molecular complexity index is 1250. The second-order valence-electron chi connectivity index (χ2n) is 14.3. The number of hydrogen-bond donors (Lipinski definition) is 4. The van der Waals surface area contributed by atoms with Gasteiger partial charge in [-0.3, -0.25) is 9.59 Å². The molecular weight excluding hydrogens is 588 g/mol. The van der Waals surface area contributed by atoms with Gasteiger partial charge in [-0.15, -0.1) is 0 Å². The van der Waals surface area contributed by atoms with E-state index in [0.29, 0.717) is 50.0 Å². The highest BCUT2D eigenvalue weighted by Crippen LogP contribution is 2.41. The van der Waals surface area contributed by atoms with Crippen molar-refractivity contribution in [2.24, 2.45) is 22.8 Å². The van der Waals surface area contributed by atoms with Crippen LogP contribution in [0.2, 0.25) is 0 Å². The van der Waals surface area contributed by atoms with E-state index < -0.39 is 30.1 Å². The molecule has 6 rings (SSSR count). The molecule has 9 nitrogen and oxygen atoms in total. The van der Waals surface area contributed by atoms with Crippen LogP contribution in [0.15, 0.2) is 18.2 Å². The summed E-state index contributed by atoms with van der Waals surface area (Å²) >= 11 is 0. The first-order valence-corrected chi connectivity index (χ1v) is 17.6.